The summed E-state index contributed by atoms with van der Waals surface area (Å²) in [5.41, 5.74) is 13.4. The van der Waals surface area contributed by atoms with Gasteiger partial charge in [0.1, 0.15) is 0 Å². The molecule has 12 heteroatoms. The number of amides is 2. The van der Waals surface area contributed by atoms with Crippen LogP contribution >= 0.6 is 0 Å². The average Bonchev–Trinajstić information content (AvgIpc) is 4.13. The number of benzene rings is 1. The molecule has 1 fully saturated rings. The molecule has 0 aliphatic carbocycles. The van der Waals surface area contributed by atoms with Gasteiger partial charge in [0, 0.05) is 94.3 Å². The van der Waals surface area contributed by atoms with E-state index in [0.29, 0.717) is 10.8 Å². The molecule has 2 amide bonds. The SMILES string of the molecule is O=C(ON1C(=O)CCC1=O)c1ccc(-c2c3nc(c(-c4ccncc4)c4ccc([nH]4)c(-c4ccncc4)c4nc(c(-c5ccncc5)c5ccc2[nH]5)C=C4)C=C3)cc1. The number of nitrogens with zero attached hydrogens (tertiary/aromatic N) is 6. The summed E-state index contributed by atoms with van der Waals surface area (Å²) in [4.78, 5) is 73.3. The summed E-state index contributed by atoms with van der Waals surface area (Å²) in [6, 6.07) is 26.8. The fraction of sp³-hybridized carbons (Fsp3) is 0.0435. The Balaban J connectivity index is 1.26. The maximum Gasteiger partial charge on any atom is 0.363 e. The van der Waals surface area contributed by atoms with E-state index in [-0.39, 0.29) is 18.4 Å². The number of nitrogens with one attached hydrogen (secondary N) is 2. The molecule has 9 heterocycles. The fourth-order valence-corrected chi connectivity index (χ4v) is 7.54. The number of hydroxylamine groups is 2. The monoisotopic (exact) mass is 758 g/mol. The Labute approximate surface area is 330 Å². The number of pyridine rings is 3. The van der Waals surface area contributed by atoms with E-state index in [1.54, 1.807) is 61.4 Å². The Morgan fingerprint density at radius 1 is 0.466 bits per heavy atom. The zero-order chi connectivity index (χ0) is 39.2. The van der Waals surface area contributed by atoms with Gasteiger partial charge in [0.05, 0.1) is 28.3 Å². The normalized spacial score (nSPS) is 13.3. The third-order valence-corrected chi connectivity index (χ3v) is 10.3. The van der Waals surface area contributed by atoms with Crippen LogP contribution < -0.4 is 0 Å². The third-order valence-electron chi connectivity index (χ3n) is 10.3. The van der Waals surface area contributed by atoms with Crippen molar-refractivity contribution in [3.8, 4) is 44.5 Å². The molecule has 7 aromatic rings. The van der Waals surface area contributed by atoms with Gasteiger partial charge in [0.25, 0.3) is 11.8 Å². The van der Waals surface area contributed by atoms with Crippen molar-refractivity contribution in [3.05, 3.63) is 150 Å². The Morgan fingerprint density at radius 2 is 0.793 bits per heavy atom. The van der Waals surface area contributed by atoms with Crippen molar-refractivity contribution in [1.82, 2.24) is 40.0 Å². The molecule has 1 saturated heterocycles. The molecule has 0 unspecified atom stereocenters. The highest BCUT2D eigenvalue weighted by Crippen LogP contribution is 2.38. The number of carbonyl (C=O) groups is 3. The number of hydrogen-bond acceptors (Lipinski definition) is 9. The van der Waals surface area contributed by atoms with Crippen molar-refractivity contribution in [2.75, 3.05) is 0 Å². The number of carbonyl (C=O) groups excluding carboxylic acids is 3. The molecular formula is C46H30N8O4. The van der Waals surface area contributed by atoms with Gasteiger partial charge in [-0.3, -0.25) is 24.5 Å². The predicted octanol–water partition coefficient (Wildman–Crippen LogP) is 8.73. The number of aromatic nitrogens is 7. The minimum absolute atomic E-state index is 0.00983. The van der Waals surface area contributed by atoms with Crippen LogP contribution in [0, 0.1) is 0 Å². The van der Waals surface area contributed by atoms with Crippen molar-refractivity contribution >= 4 is 64.2 Å². The Kier molecular flexibility index (Phi) is 8.41. The standard InChI is InChI=1S/C46H30N8O4/c55-40-13-14-41(56)54(40)58-46(57)31-3-1-27(2-4-31)42-32-5-7-34(50-32)43(28-15-21-47-22-16-28)36-9-11-38(52-36)45(30-19-25-49-26-20-30)39-12-10-37(53-39)44(29-17-23-48-24-18-29)35-8-6-33(42)51-35/h1-12,15-26,50,53H,13-14H2. The van der Waals surface area contributed by atoms with Crippen molar-refractivity contribution in [3.63, 3.8) is 0 Å². The molecule has 278 valence electrons. The van der Waals surface area contributed by atoms with Gasteiger partial charge in [-0.15, -0.1) is 5.06 Å². The topological polar surface area (TPSA) is 160 Å². The summed E-state index contributed by atoms with van der Waals surface area (Å²) in [5.74, 6) is -1.89. The Hall–Kier alpha value is -8.12. The molecule has 2 N–H and O–H groups in total. The van der Waals surface area contributed by atoms with E-state index < -0.39 is 17.8 Å². The summed E-state index contributed by atoms with van der Waals surface area (Å²) >= 11 is 0. The number of hydrogen-bond donors (Lipinski definition) is 2. The third kappa shape index (κ3) is 6.14. The van der Waals surface area contributed by atoms with E-state index in [1.807, 2.05) is 72.8 Å². The van der Waals surface area contributed by atoms with Gasteiger partial charge in [-0.1, -0.05) is 12.1 Å². The second-order valence-corrected chi connectivity index (χ2v) is 13.7. The predicted molar refractivity (Wildman–Crippen MR) is 220 cm³/mol. The molecule has 1 aromatic carbocycles. The van der Waals surface area contributed by atoms with Crippen LogP contribution in [0.5, 0.6) is 0 Å². The first-order valence-electron chi connectivity index (χ1n) is 18.5. The van der Waals surface area contributed by atoms with Crippen LogP contribution in [0.4, 0.5) is 0 Å². The molecule has 0 saturated carbocycles. The van der Waals surface area contributed by atoms with Crippen molar-refractivity contribution in [1.29, 1.82) is 0 Å². The molecule has 58 heavy (non-hydrogen) atoms. The number of rotatable bonds is 6. The Bertz CT molecular complexity index is 2970. The van der Waals surface area contributed by atoms with Crippen LogP contribution in [-0.4, -0.2) is 57.7 Å². The van der Waals surface area contributed by atoms with Crippen molar-refractivity contribution in [2.45, 2.75) is 12.8 Å². The van der Waals surface area contributed by atoms with Crippen LogP contribution in [0.3, 0.4) is 0 Å². The molecule has 0 radical (unpaired) electrons. The second-order valence-electron chi connectivity index (χ2n) is 13.7. The lowest BCUT2D eigenvalue weighted by Gasteiger charge is -2.12. The summed E-state index contributed by atoms with van der Waals surface area (Å²) in [6.07, 6.45) is 18.7. The molecule has 3 aliphatic rings. The highest BCUT2D eigenvalue weighted by molar-refractivity contribution is 6.03. The maximum absolute atomic E-state index is 13.1. The summed E-state index contributed by atoms with van der Waals surface area (Å²) in [5, 5.41) is 0.548. The van der Waals surface area contributed by atoms with E-state index in [9.17, 15) is 14.4 Å². The van der Waals surface area contributed by atoms with Crippen molar-refractivity contribution < 1.29 is 19.2 Å². The fourth-order valence-electron chi connectivity index (χ4n) is 7.54. The molecule has 10 rings (SSSR count). The second kappa shape index (κ2) is 14.2. The zero-order valence-corrected chi connectivity index (χ0v) is 30.6. The minimum atomic E-state index is -0.807. The lowest BCUT2D eigenvalue weighted by atomic mass is 10.0. The molecule has 8 bridgehead atoms. The van der Waals surface area contributed by atoms with Crippen molar-refractivity contribution in [2.24, 2.45) is 0 Å². The summed E-state index contributed by atoms with van der Waals surface area (Å²) in [7, 11) is 0. The summed E-state index contributed by atoms with van der Waals surface area (Å²) in [6.45, 7) is 0. The first kappa shape index (κ1) is 34.4. The molecule has 3 aliphatic heterocycles. The first-order chi connectivity index (χ1) is 28.5. The highest BCUT2D eigenvalue weighted by atomic mass is 16.7. The smallest absolute Gasteiger partial charge is 0.354 e. The van der Waals surface area contributed by atoms with Gasteiger partial charge in [-0.2, -0.15) is 0 Å². The molecule has 12 nitrogen and oxygen atoms in total. The molecule has 0 atom stereocenters. The molecular weight excluding hydrogens is 729 g/mol. The number of fused-ring (bicyclic) bond motifs is 8. The van der Waals surface area contributed by atoms with Gasteiger partial charge < -0.3 is 14.8 Å². The van der Waals surface area contributed by atoms with Crippen LogP contribution in [0.15, 0.2) is 122 Å². The number of imide groups is 1. The van der Waals surface area contributed by atoms with Gasteiger partial charge in [0.15, 0.2) is 0 Å². The zero-order valence-electron chi connectivity index (χ0n) is 30.6. The van der Waals surface area contributed by atoms with E-state index in [0.717, 1.165) is 83.7 Å². The molecule has 6 aromatic heterocycles. The maximum atomic E-state index is 13.1. The van der Waals surface area contributed by atoms with E-state index in [1.165, 1.54) is 0 Å². The average molecular weight is 759 g/mol. The van der Waals surface area contributed by atoms with E-state index >= 15 is 0 Å². The quantitative estimate of drug-likeness (QED) is 0.158. The Morgan fingerprint density at radius 3 is 1.14 bits per heavy atom. The minimum Gasteiger partial charge on any atom is -0.354 e. The van der Waals surface area contributed by atoms with E-state index in [4.69, 9.17) is 14.8 Å². The first-order valence-corrected chi connectivity index (χ1v) is 18.5. The van der Waals surface area contributed by atoms with Gasteiger partial charge in [0.2, 0.25) is 0 Å². The van der Waals surface area contributed by atoms with Gasteiger partial charge in [-0.25, -0.2) is 14.8 Å². The summed E-state index contributed by atoms with van der Waals surface area (Å²) < 4.78 is 0. The van der Waals surface area contributed by atoms with Crippen LogP contribution in [0.2, 0.25) is 0 Å². The lowest BCUT2D eigenvalue weighted by molar-refractivity contribution is -0.172. The highest BCUT2D eigenvalue weighted by Gasteiger charge is 2.33. The van der Waals surface area contributed by atoms with Crippen LogP contribution in [-0.2, 0) is 14.4 Å². The largest absolute Gasteiger partial charge is 0.363 e. The molecule has 0 spiro atoms. The van der Waals surface area contributed by atoms with Crippen LogP contribution in [0.25, 0.3) is 90.9 Å². The van der Waals surface area contributed by atoms with Gasteiger partial charge >= 0.3 is 5.97 Å². The van der Waals surface area contributed by atoms with Gasteiger partial charge in [-0.05, 0) is 119 Å². The number of aromatic amines is 2. The van der Waals surface area contributed by atoms with Crippen LogP contribution in [0.1, 0.15) is 46.0 Å². The number of H-pyrrole nitrogens is 2. The van der Waals surface area contributed by atoms with E-state index in [2.05, 4.69) is 37.1 Å². The lowest BCUT2D eigenvalue weighted by Crippen LogP contribution is -2.32.